The van der Waals surface area contributed by atoms with Crippen LogP contribution in [0.25, 0.3) is 10.9 Å². The second kappa shape index (κ2) is 10.9. The maximum absolute atomic E-state index is 13.4. The van der Waals surface area contributed by atoms with Gasteiger partial charge in [-0.3, -0.25) is 9.59 Å². The molecule has 0 saturated carbocycles. The highest BCUT2D eigenvalue weighted by Crippen LogP contribution is 2.35. The minimum atomic E-state index is -0.0184. The van der Waals surface area contributed by atoms with E-state index in [0.29, 0.717) is 47.9 Å². The molecule has 2 amide bonds. The fourth-order valence-corrected chi connectivity index (χ4v) is 5.18. The summed E-state index contributed by atoms with van der Waals surface area (Å²) in [5, 5.41) is 2.74. The summed E-state index contributed by atoms with van der Waals surface area (Å²) in [4.78, 5) is 36.8. The Morgan fingerprint density at radius 3 is 2.57 bits per heavy atom. The number of ether oxygens (including phenoxy) is 2. The Balaban J connectivity index is 1.67. The van der Waals surface area contributed by atoms with Crippen molar-refractivity contribution in [1.82, 2.24) is 14.8 Å². The van der Waals surface area contributed by atoms with Gasteiger partial charge in [-0.1, -0.05) is 6.07 Å². The van der Waals surface area contributed by atoms with Crippen molar-refractivity contribution < 1.29 is 19.1 Å². The maximum atomic E-state index is 13.4. The summed E-state index contributed by atoms with van der Waals surface area (Å²) in [6.07, 6.45) is 2.26. The lowest BCUT2D eigenvalue weighted by Gasteiger charge is -2.26. The topological polar surface area (TPSA) is 75.2 Å². The number of benzene rings is 1. The largest absolute Gasteiger partial charge is 0.496 e. The highest BCUT2D eigenvalue weighted by Gasteiger charge is 2.23. The summed E-state index contributed by atoms with van der Waals surface area (Å²) >= 11 is 1.43. The Bertz CT molecular complexity index is 1200. The van der Waals surface area contributed by atoms with Crippen molar-refractivity contribution in [2.75, 3.05) is 52.8 Å². The molecule has 35 heavy (non-hydrogen) atoms. The summed E-state index contributed by atoms with van der Waals surface area (Å²) in [7, 11) is 7.13. The quantitative estimate of drug-likeness (QED) is 0.422. The lowest BCUT2D eigenvalue weighted by atomic mass is 10.1. The monoisotopic (exact) mass is 496 g/mol. The average molecular weight is 497 g/mol. The highest BCUT2D eigenvalue weighted by molar-refractivity contribution is 7.12. The Labute approximate surface area is 210 Å². The Kier molecular flexibility index (Phi) is 7.75. The first-order chi connectivity index (χ1) is 16.9. The molecule has 0 atom stereocenters. The lowest BCUT2D eigenvalue weighted by Crippen LogP contribution is -2.34. The Morgan fingerprint density at radius 1 is 1.17 bits per heavy atom. The number of carbonyl (C=O) groups excluding carboxylic acids is 2. The predicted molar refractivity (Wildman–Crippen MR) is 139 cm³/mol. The smallest absolute Gasteiger partial charge is 0.264 e. The van der Waals surface area contributed by atoms with Gasteiger partial charge in [0.2, 0.25) is 5.91 Å². The van der Waals surface area contributed by atoms with Gasteiger partial charge in [-0.2, -0.15) is 0 Å². The number of thiophene rings is 1. The van der Waals surface area contributed by atoms with Crippen LogP contribution in [0.3, 0.4) is 0 Å². The van der Waals surface area contributed by atoms with Gasteiger partial charge in [-0.05, 0) is 42.5 Å². The average Bonchev–Trinajstić information content (AvgIpc) is 3.54. The van der Waals surface area contributed by atoms with Gasteiger partial charge in [0.25, 0.3) is 5.91 Å². The van der Waals surface area contributed by atoms with Crippen LogP contribution in [0.5, 0.6) is 11.5 Å². The van der Waals surface area contributed by atoms with Crippen molar-refractivity contribution in [3.8, 4) is 11.5 Å². The summed E-state index contributed by atoms with van der Waals surface area (Å²) < 4.78 is 11.1. The summed E-state index contributed by atoms with van der Waals surface area (Å²) in [6, 6.07) is 9.49. The SMILES string of the molecule is COc1ccc(OC)c2nc(N(C)C)c(CN(CCCN3CCCC3=O)C(=O)c3cccs3)cc12. The van der Waals surface area contributed by atoms with Crippen LogP contribution in [0, 0.1) is 0 Å². The van der Waals surface area contributed by atoms with Crippen molar-refractivity contribution in [3.05, 3.63) is 46.2 Å². The molecular formula is C26H32N4O4S. The van der Waals surface area contributed by atoms with Gasteiger partial charge in [0, 0.05) is 57.6 Å². The molecule has 0 aliphatic carbocycles. The molecule has 0 unspecified atom stereocenters. The van der Waals surface area contributed by atoms with Crippen LogP contribution in [0.2, 0.25) is 0 Å². The van der Waals surface area contributed by atoms with Gasteiger partial charge in [0.1, 0.15) is 22.8 Å². The second-order valence-electron chi connectivity index (χ2n) is 8.77. The molecule has 1 fully saturated rings. The van der Waals surface area contributed by atoms with E-state index in [1.54, 1.807) is 14.2 Å². The number of nitrogens with zero attached hydrogens (tertiary/aromatic N) is 4. The van der Waals surface area contributed by atoms with E-state index in [1.807, 2.05) is 64.5 Å². The van der Waals surface area contributed by atoms with E-state index in [4.69, 9.17) is 14.5 Å². The van der Waals surface area contributed by atoms with Gasteiger partial charge >= 0.3 is 0 Å². The first-order valence-corrected chi connectivity index (χ1v) is 12.6. The van der Waals surface area contributed by atoms with E-state index in [-0.39, 0.29) is 11.8 Å². The molecule has 0 spiro atoms. The molecular weight excluding hydrogens is 464 g/mol. The maximum Gasteiger partial charge on any atom is 0.264 e. The molecule has 1 aromatic carbocycles. The number of hydrogen-bond donors (Lipinski definition) is 0. The molecule has 0 bridgehead atoms. The third-order valence-corrected chi connectivity index (χ3v) is 7.09. The number of pyridine rings is 1. The summed E-state index contributed by atoms with van der Waals surface area (Å²) in [5.74, 6) is 2.31. The number of fused-ring (bicyclic) bond motifs is 1. The predicted octanol–water partition coefficient (Wildman–Crippen LogP) is 4.03. The number of aromatic nitrogens is 1. The van der Waals surface area contributed by atoms with Crippen molar-refractivity contribution in [3.63, 3.8) is 0 Å². The molecule has 0 N–H and O–H groups in total. The third-order valence-electron chi connectivity index (χ3n) is 6.23. The standard InChI is InChI=1S/C26H32N4O4S/c1-28(2)25-18(16-19-20(33-3)10-11-21(34-4)24(19)27-25)17-30(26(32)22-8-6-15-35-22)14-7-13-29-12-5-9-23(29)31/h6,8,10-11,15-16H,5,7,9,12-14,17H2,1-4H3. The zero-order valence-electron chi connectivity index (χ0n) is 20.7. The number of likely N-dealkylation sites (tertiary alicyclic amines) is 1. The normalized spacial score (nSPS) is 13.4. The van der Waals surface area contributed by atoms with Gasteiger partial charge in [-0.15, -0.1) is 11.3 Å². The van der Waals surface area contributed by atoms with Crippen molar-refractivity contribution >= 4 is 39.9 Å². The molecule has 3 aromatic rings. The number of hydrogen-bond acceptors (Lipinski definition) is 7. The molecule has 9 heteroatoms. The molecule has 8 nitrogen and oxygen atoms in total. The van der Waals surface area contributed by atoms with E-state index < -0.39 is 0 Å². The minimum absolute atomic E-state index is 0.0184. The summed E-state index contributed by atoms with van der Waals surface area (Å²) in [5.41, 5.74) is 1.62. The van der Waals surface area contributed by atoms with Crippen LogP contribution in [-0.2, 0) is 11.3 Å². The van der Waals surface area contributed by atoms with Crippen LogP contribution in [0.1, 0.15) is 34.5 Å². The zero-order chi connectivity index (χ0) is 24.9. The fraction of sp³-hybridized carbons (Fsp3) is 0.423. The molecule has 0 radical (unpaired) electrons. The number of rotatable bonds is 10. The van der Waals surface area contributed by atoms with Crippen LogP contribution in [-0.4, -0.2) is 74.5 Å². The zero-order valence-corrected chi connectivity index (χ0v) is 21.6. The van der Waals surface area contributed by atoms with Crippen molar-refractivity contribution in [2.45, 2.75) is 25.8 Å². The third kappa shape index (κ3) is 5.35. The first-order valence-electron chi connectivity index (χ1n) is 11.8. The molecule has 1 aliphatic heterocycles. The molecule has 186 valence electrons. The minimum Gasteiger partial charge on any atom is -0.496 e. The molecule has 3 heterocycles. The van der Waals surface area contributed by atoms with Gasteiger partial charge < -0.3 is 24.2 Å². The van der Waals surface area contributed by atoms with E-state index in [0.717, 1.165) is 36.2 Å². The summed E-state index contributed by atoms with van der Waals surface area (Å²) in [6.45, 7) is 2.40. The van der Waals surface area contributed by atoms with Crippen molar-refractivity contribution in [2.24, 2.45) is 0 Å². The molecule has 2 aromatic heterocycles. The van der Waals surface area contributed by atoms with Gasteiger partial charge in [0.15, 0.2) is 0 Å². The Morgan fingerprint density at radius 2 is 1.94 bits per heavy atom. The number of amides is 2. The first kappa shape index (κ1) is 24.8. The van der Waals surface area contributed by atoms with Crippen LogP contribution in [0.15, 0.2) is 35.7 Å². The second-order valence-corrected chi connectivity index (χ2v) is 9.72. The Hall–Kier alpha value is -3.33. The van der Waals surface area contributed by atoms with Crippen molar-refractivity contribution in [1.29, 1.82) is 0 Å². The van der Waals surface area contributed by atoms with Crippen LogP contribution >= 0.6 is 11.3 Å². The number of anilines is 1. The van der Waals surface area contributed by atoms with E-state index in [2.05, 4.69) is 0 Å². The highest BCUT2D eigenvalue weighted by atomic mass is 32.1. The van der Waals surface area contributed by atoms with E-state index >= 15 is 0 Å². The van der Waals surface area contributed by atoms with E-state index in [1.165, 1.54) is 11.3 Å². The molecule has 1 aliphatic rings. The fourth-order valence-electron chi connectivity index (χ4n) is 4.49. The van der Waals surface area contributed by atoms with Crippen LogP contribution in [0.4, 0.5) is 5.82 Å². The number of carbonyl (C=O) groups is 2. The lowest BCUT2D eigenvalue weighted by molar-refractivity contribution is -0.127. The molecule has 1 saturated heterocycles. The van der Waals surface area contributed by atoms with Gasteiger partial charge in [0.05, 0.1) is 19.1 Å². The number of methoxy groups -OCH3 is 2. The van der Waals surface area contributed by atoms with Gasteiger partial charge in [-0.25, -0.2) is 4.98 Å². The van der Waals surface area contributed by atoms with Crippen LogP contribution < -0.4 is 14.4 Å². The molecule has 4 rings (SSSR count). The van der Waals surface area contributed by atoms with E-state index in [9.17, 15) is 9.59 Å².